The van der Waals surface area contributed by atoms with E-state index in [1.165, 1.54) is 7.11 Å². The molecule has 0 spiro atoms. The van der Waals surface area contributed by atoms with Gasteiger partial charge in [0.15, 0.2) is 0 Å². The third-order valence-electron chi connectivity index (χ3n) is 2.07. The monoisotopic (exact) mass is 184 g/mol. The maximum Gasteiger partial charge on any atom is 0.232 e. The fraction of sp³-hybridized carbons (Fsp3) is 0.0909. The summed E-state index contributed by atoms with van der Waals surface area (Å²) in [6, 6.07) is 9.71. The van der Waals surface area contributed by atoms with Crippen LogP contribution in [-0.2, 0) is 0 Å². The van der Waals surface area contributed by atoms with Crippen LogP contribution in [0.25, 0.3) is 10.8 Å². The van der Waals surface area contributed by atoms with Crippen molar-refractivity contribution in [3.63, 3.8) is 0 Å². The minimum atomic E-state index is 0.381. The molecule has 0 bridgehead atoms. The summed E-state index contributed by atoms with van der Waals surface area (Å²) in [5, 5.41) is 10.8. The summed E-state index contributed by atoms with van der Waals surface area (Å²) >= 11 is 0. The molecule has 3 heteroatoms. The summed E-state index contributed by atoms with van der Waals surface area (Å²) in [4.78, 5) is 4.05. The van der Waals surface area contributed by atoms with Crippen LogP contribution in [0.3, 0.4) is 0 Å². The molecule has 2 aromatic rings. The van der Waals surface area contributed by atoms with E-state index in [1.54, 1.807) is 6.20 Å². The molecule has 1 aromatic carbocycles. The zero-order chi connectivity index (χ0) is 9.97. The molecule has 3 nitrogen and oxygen atoms in total. The van der Waals surface area contributed by atoms with Crippen molar-refractivity contribution in [1.82, 2.24) is 4.98 Å². The maximum absolute atomic E-state index is 8.98. The molecule has 0 fully saturated rings. The number of benzene rings is 1. The maximum atomic E-state index is 8.98. The van der Waals surface area contributed by atoms with Crippen molar-refractivity contribution in [1.29, 1.82) is 5.26 Å². The number of nitrogens with zero attached hydrogens (tertiary/aromatic N) is 2. The standard InChI is InChI=1S/C11H8N2O/c1-14-11-10(6-12)9-5-3-2-4-8(9)7-13-11/h2-5,7H,1H3. The van der Waals surface area contributed by atoms with Gasteiger partial charge in [0.2, 0.25) is 5.88 Å². The van der Waals surface area contributed by atoms with Crippen LogP contribution >= 0.6 is 0 Å². The SMILES string of the molecule is COc1ncc2ccccc2c1C#N. The summed E-state index contributed by atoms with van der Waals surface area (Å²) in [6.45, 7) is 0. The zero-order valence-corrected chi connectivity index (χ0v) is 7.69. The number of aromatic nitrogens is 1. The minimum absolute atomic E-state index is 0.381. The van der Waals surface area contributed by atoms with Crippen molar-refractivity contribution in [2.75, 3.05) is 7.11 Å². The molecular formula is C11H8N2O. The third-order valence-corrected chi connectivity index (χ3v) is 2.07. The van der Waals surface area contributed by atoms with Crippen LogP contribution in [0.2, 0.25) is 0 Å². The molecule has 0 saturated heterocycles. The number of fused-ring (bicyclic) bond motifs is 1. The fourth-order valence-electron chi connectivity index (χ4n) is 1.41. The molecule has 1 aromatic heterocycles. The van der Waals surface area contributed by atoms with E-state index in [1.807, 2.05) is 24.3 Å². The van der Waals surface area contributed by atoms with Gasteiger partial charge in [-0.05, 0) is 0 Å². The highest BCUT2D eigenvalue weighted by Gasteiger charge is 2.07. The summed E-state index contributed by atoms with van der Waals surface area (Å²) in [5.74, 6) is 0.381. The Labute approximate surface area is 81.6 Å². The van der Waals surface area contributed by atoms with E-state index in [0.29, 0.717) is 11.4 Å². The van der Waals surface area contributed by atoms with Gasteiger partial charge in [-0.3, -0.25) is 0 Å². The Hall–Kier alpha value is -2.08. The van der Waals surface area contributed by atoms with E-state index >= 15 is 0 Å². The zero-order valence-electron chi connectivity index (χ0n) is 7.69. The Morgan fingerprint density at radius 1 is 1.36 bits per heavy atom. The van der Waals surface area contributed by atoms with E-state index in [-0.39, 0.29) is 0 Å². The molecule has 0 unspecified atom stereocenters. The second kappa shape index (κ2) is 3.35. The van der Waals surface area contributed by atoms with Crippen LogP contribution in [-0.4, -0.2) is 12.1 Å². The second-order valence-electron chi connectivity index (χ2n) is 2.84. The predicted molar refractivity (Wildman–Crippen MR) is 53.0 cm³/mol. The van der Waals surface area contributed by atoms with E-state index in [2.05, 4.69) is 11.1 Å². The number of hydrogen-bond acceptors (Lipinski definition) is 3. The second-order valence-corrected chi connectivity index (χ2v) is 2.84. The summed E-state index contributed by atoms with van der Waals surface area (Å²) < 4.78 is 5.01. The molecule has 0 saturated carbocycles. The molecule has 2 rings (SSSR count). The van der Waals surface area contributed by atoms with Gasteiger partial charge in [0.25, 0.3) is 0 Å². The van der Waals surface area contributed by atoms with E-state index in [9.17, 15) is 0 Å². The Morgan fingerprint density at radius 2 is 2.14 bits per heavy atom. The van der Waals surface area contributed by atoms with Gasteiger partial charge >= 0.3 is 0 Å². The lowest BCUT2D eigenvalue weighted by atomic mass is 10.1. The van der Waals surface area contributed by atoms with Crippen molar-refractivity contribution < 1.29 is 4.74 Å². The highest BCUT2D eigenvalue weighted by Crippen LogP contribution is 2.23. The molecule has 0 aliphatic heterocycles. The first-order valence-corrected chi connectivity index (χ1v) is 4.18. The molecule has 0 radical (unpaired) electrons. The van der Waals surface area contributed by atoms with Gasteiger partial charge < -0.3 is 4.74 Å². The Balaban J connectivity index is 2.85. The first-order valence-electron chi connectivity index (χ1n) is 4.18. The van der Waals surface area contributed by atoms with Crippen molar-refractivity contribution in [2.45, 2.75) is 0 Å². The predicted octanol–water partition coefficient (Wildman–Crippen LogP) is 2.12. The van der Waals surface area contributed by atoms with E-state index < -0.39 is 0 Å². The Kier molecular flexibility index (Phi) is 2.04. The topological polar surface area (TPSA) is 45.9 Å². The molecule has 14 heavy (non-hydrogen) atoms. The number of rotatable bonds is 1. The van der Waals surface area contributed by atoms with Crippen molar-refractivity contribution >= 4 is 10.8 Å². The first-order chi connectivity index (χ1) is 6.86. The van der Waals surface area contributed by atoms with Crippen molar-refractivity contribution in [2.24, 2.45) is 0 Å². The smallest absolute Gasteiger partial charge is 0.232 e. The highest BCUT2D eigenvalue weighted by atomic mass is 16.5. The third kappa shape index (κ3) is 1.17. The molecule has 68 valence electrons. The normalized spacial score (nSPS) is 9.71. The lowest BCUT2D eigenvalue weighted by Gasteiger charge is -2.03. The van der Waals surface area contributed by atoms with Crippen LogP contribution in [0.5, 0.6) is 5.88 Å². The van der Waals surface area contributed by atoms with Gasteiger partial charge in [0, 0.05) is 17.0 Å². The van der Waals surface area contributed by atoms with E-state index in [4.69, 9.17) is 10.00 Å². The molecule has 1 heterocycles. The summed E-state index contributed by atoms with van der Waals surface area (Å²) in [5.41, 5.74) is 0.491. The van der Waals surface area contributed by atoms with Crippen LogP contribution in [0.1, 0.15) is 5.56 Å². The van der Waals surface area contributed by atoms with Crippen LogP contribution in [0, 0.1) is 11.3 Å². The van der Waals surface area contributed by atoms with Gasteiger partial charge in [0.05, 0.1) is 7.11 Å². The van der Waals surface area contributed by atoms with Crippen LogP contribution in [0.4, 0.5) is 0 Å². The summed E-state index contributed by atoms with van der Waals surface area (Å²) in [7, 11) is 1.51. The number of methoxy groups -OCH3 is 1. The Bertz CT molecular complexity index is 514. The molecular weight excluding hydrogens is 176 g/mol. The molecule has 0 aliphatic carbocycles. The minimum Gasteiger partial charge on any atom is -0.480 e. The largest absolute Gasteiger partial charge is 0.480 e. The number of pyridine rings is 1. The fourth-order valence-corrected chi connectivity index (χ4v) is 1.41. The lowest BCUT2D eigenvalue weighted by Crippen LogP contribution is -1.92. The molecule has 0 amide bonds. The molecule has 0 N–H and O–H groups in total. The van der Waals surface area contributed by atoms with E-state index in [0.717, 1.165) is 10.8 Å². The van der Waals surface area contributed by atoms with Crippen molar-refractivity contribution in [3.05, 3.63) is 36.0 Å². The number of nitriles is 1. The van der Waals surface area contributed by atoms with Gasteiger partial charge in [0.1, 0.15) is 11.6 Å². The van der Waals surface area contributed by atoms with Gasteiger partial charge in [-0.2, -0.15) is 5.26 Å². The summed E-state index contributed by atoms with van der Waals surface area (Å²) in [6.07, 6.45) is 1.70. The molecule has 0 aliphatic rings. The number of hydrogen-bond donors (Lipinski definition) is 0. The average molecular weight is 184 g/mol. The van der Waals surface area contributed by atoms with Gasteiger partial charge in [-0.15, -0.1) is 0 Å². The van der Waals surface area contributed by atoms with Crippen molar-refractivity contribution in [3.8, 4) is 11.9 Å². The highest BCUT2D eigenvalue weighted by molar-refractivity contribution is 5.88. The van der Waals surface area contributed by atoms with Gasteiger partial charge in [-0.25, -0.2) is 4.98 Å². The average Bonchev–Trinajstić information content (AvgIpc) is 2.27. The Morgan fingerprint density at radius 3 is 2.86 bits per heavy atom. The lowest BCUT2D eigenvalue weighted by molar-refractivity contribution is 0.397. The quantitative estimate of drug-likeness (QED) is 0.681. The van der Waals surface area contributed by atoms with Crippen LogP contribution in [0.15, 0.2) is 30.5 Å². The van der Waals surface area contributed by atoms with Gasteiger partial charge in [-0.1, -0.05) is 24.3 Å². The molecule has 0 atom stereocenters. The van der Waals surface area contributed by atoms with Crippen LogP contribution < -0.4 is 4.74 Å². The first kappa shape index (κ1) is 8.52. The number of ether oxygens (including phenoxy) is 1.